The van der Waals surface area contributed by atoms with Crippen LogP contribution < -0.4 is 4.73 Å². The van der Waals surface area contributed by atoms with Crippen LogP contribution in [0.2, 0.25) is 0 Å². The van der Waals surface area contributed by atoms with E-state index in [0.717, 1.165) is 12.1 Å². The van der Waals surface area contributed by atoms with E-state index in [9.17, 15) is 5.21 Å². The maximum absolute atomic E-state index is 9.58. The molecule has 0 saturated carbocycles. The van der Waals surface area contributed by atoms with E-state index in [0.29, 0.717) is 11.8 Å². The van der Waals surface area contributed by atoms with Crippen LogP contribution in [0.15, 0.2) is 18.3 Å². The predicted octanol–water partition coefficient (Wildman–Crippen LogP) is 2.53. The Hall–Kier alpha value is -1.05. The first kappa shape index (κ1) is 11.0. The van der Waals surface area contributed by atoms with Crippen LogP contribution in [-0.4, -0.2) is 5.21 Å². The zero-order valence-electron chi connectivity index (χ0n) is 9.49. The van der Waals surface area contributed by atoms with E-state index in [4.69, 9.17) is 0 Å². The third-order valence-corrected chi connectivity index (χ3v) is 2.32. The Balaban J connectivity index is 2.96. The molecular weight excluding hydrogens is 174 g/mol. The normalized spacial score (nSPS) is 11.3. The fraction of sp³-hybridized carbons (Fsp3) is 0.583. The van der Waals surface area contributed by atoms with Crippen molar-refractivity contribution in [3.05, 3.63) is 29.6 Å². The Morgan fingerprint density at radius 3 is 2.43 bits per heavy atom. The molecule has 0 aromatic carbocycles. The van der Waals surface area contributed by atoms with Gasteiger partial charge in [-0.05, 0) is 17.4 Å². The number of hydrogen-bond acceptors (Lipinski definition) is 1. The van der Waals surface area contributed by atoms with E-state index in [2.05, 4.69) is 33.8 Å². The molecule has 0 fully saturated rings. The van der Waals surface area contributed by atoms with Crippen molar-refractivity contribution in [3.8, 4) is 0 Å². The molecule has 78 valence electrons. The summed E-state index contributed by atoms with van der Waals surface area (Å²) in [7, 11) is 0. The molecule has 1 N–H and O–H groups in total. The summed E-state index contributed by atoms with van der Waals surface area (Å²) in [6.07, 6.45) is 2.64. The Bertz CT molecular complexity index is 305. The third kappa shape index (κ3) is 2.72. The van der Waals surface area contributed by atoms with Crippen LogP contribution in [0, 0.1) is 5.92 Å². The molecule has 2 heteroatoms. The van der Waals surface area contributed by atoms with Gasteiger partial charge in [0, 0.05) is 23.3 Å². The Morgan fingerprint density at radius 2 is 1.93 bits per heavy atom. The lowest BCUT2D eigenvalue weighted by Gasteiger charge is -2.06. The number of rotatable bonds is 3. The topological polar surface area (TPSA) is 24.1 Å². The number of pyridine rings is 1. The molecule has 14 heavy (non-hydrogen) atoms. The zero-order valence-corrected chi connectivity index (χ0v) is 9.49. The summed E-state index contributed by atoms with van der Waals surface area (Å²) in [6, 6.07) is 4.05. The lowest BCUT2D eigenvalue weighted by molar-refractivity contribution is -0.909. The molecule has 0 bridgehead atoms. The molecule has 1 aromatic rings. The second-order valence-electron chi connectivity index (χ2n) is 4.55. The maximum Gasteiger partial charge on any atom is 0.234 e. The largest absolute Gasteiger partial charge is 0.285 e. The van der Waals surface area contributed by atoms with Crippen LogP contribution in [-0.2, 0) is 6.42 Å². The highest BCUT2D eigenvalue weighted by atomic mass is 16.5. The van der Waals surface area contributed by atoms with Gasteiger partial charge in [0.05, 0.1) is 0 Å². The predicted molar refractivity (Wildman–Crippen MR) is 56.5 cm³/mol. The van der Waals surface area contributed by atoms with Crippen LogP contribution in [0.1, 0.15) is 44.9 Å². The van der Waals surface area contributed by atoms with Gasteiger partial charge in [-0.1, -0.05) is 27.7 Å². The van der Waals surface area contributed by atoms with Crippen molar-refractivity contribution in [3.63, 3.8) is 0 Å². The van der Waals surface area contributed by atoms with E-state index in [1.54, 1.807) is 6.20 Å². The molecule has 0 spiro atoms. The molecule has 0 amide bonds. The van der Waals surface area contributed by atoms with E-state index in [-0.39, 0.29) is 0 Å². The van der Waals surface area contributed by atoms with Gasteiger partial charge in [0.2, 0.25) is 11.9 Å². The van der Waals surface area contributed by atoms with E-state index >= 15 is 0 Å². The number of nitrogens with zero attached hydrogens (tertiary/aromatic N) is 1. The summed E-state index contributed by atoms with van der Waals surface area (Å²) in [5, 5.41) is 9.58. The van der Waals surface area contributed by atoms with Crippen LogP contribution in [0.5, 0.6) is 0 Å². The fourth-order valence-electron chi connectivity index (χ4n) is 1.49. The van der Waals surface area contributed by atoms with Gasteiger partial charge in [-0.15, -0.1) is 0 Å². The van der Waals surface area contributed by atoms with Crippen molar-refractivity contribution in [1.29, 1.82) is 0 Å². The molecule has 0 unspecified atom stereocenters. The summed E-state index contributed by atoms with van der Waals surface area (Å²) in [5.41, 5.74) is 2.28. The second kappa shape index (κ2) is 4.45. The highest BCUT2D eigenvalue weighted by molar-refractivity contribution is 5.16. The standard InChI is InChI=1S/C12H20NO/c1-9(2)7-12-8-11(10(3)4)5-6-13(12)14/h5-6,8-10,14H,7H2,1-4H3/q+1. The first-order chi connectivity index (χ1) is 6.50. The van der Waals surface area contributed by atoms with Crippen molar-refractivity contribution in [2.45, 2.75) is 40.0 Å². The third-order valence-electron chi connectivity index (χ3n) is 2.32. The molecule has 0 saturated heterocycles. The van der Waals surface area contributed by atoms with Gasteiger partial charge in [-0.2, -0.15) is 0 Å². The fourth-order valence-corrected chi connectivity index (χ4v) is 1.49. The van der Waals surface area contributed by atoms with Crippen LogP contribution in [0.3, 0.4) is 0 Å². The lowest BCUT2D eigenvalue weighted by Crippen LogP contribution is -2.35. The van der Waals surface area contributed by atoms with E-state index in [1.807, 2.05) is 6.07 Å². The summed E-state index contributed by atoms with van der Waals surface area (Å²) in [6.45, 7) is 8.64. The van der Waals surface area contributed by atoms with Crippen LogP contribution in [0.4, 0.5) is 0 Å². The minimum atomic E-state index is 0.516. The second-order valence-corrected chi connectivity index (χ2v) is 4.55. The van der Waals surface area contributed by atoms with Gasteiger partial charge in [-0.3, -0.25) is 5.21 Å². The van der Waals surface area contributed by atoms with Crippen molar-refractivity contribution >= 4 is 0 Å². The molecule has 0 aliphatic carbocycles. The minimum absolute atomic E-state index is 0.516. The van der Waals surface area contributed by atoms with Crippen molar-refractivity contribution in [2.24, 2.45) is 5.92 Å². The van der Waals surface area contributed by atoms with Crippen LogP contribution in [0.25, 0.3) is 0 Å². The number of hydrogen-bond donors (Lipinski definition) is 1. The van der Waals surface area contributed by atoms with Gasteiger partial charge in [-0.25, -0.2) is 0 Å². The van der Waals surface area contributed by atoms with Gasteiger partial charge < -0.3 is 0 Å². The molecule has 0 atom stereocenters. The molecule has 1 rings (SSSR count). The number of aromatic nitrogens is 1. The summed E-state index contributed by atoms with van der Waals surface area (Å²) in [4.78, 5) is 0. The average molecular weight is 194 g/mol. The first-order valence-electron chi connectivity index (χ1n) is 5.24. The van der Waals surface area contributed by atoms with Crippen molar-refractivity contribution in [1.82, 2.24) is 0 Å². The van der Waals surface area contributed by atoms with E-state index in [1.165, 1.54) is 10.3 Å². The summed E-state index contributed by atoms with van der Waals surface area (Å²) in [5.74, 6) is 1.08. The molecule has 1 heterocycles. The highest BCUT2D eigenvalue weighted by Gasteiger charge is 2.13. The minimum Gasteiger partial charge on any atom is -0.285 e. The van der Waals surface area contributed by atoms with Gasteiger partial charge >= 0.3 is 0 Å². The quantitative estimate of drug-likeness (QED) is 0.580. The molecule has 2 nitrogen and oxygen atoms in total. The molecule has 0 aliphatic heterocycles. The Labute approximate surface area is 86.2 Å². The Morgan fingerprint density at radius 1 is 1.29 bits per heavy atom. The van der Waals surface area contributed by atoms with E-state index < -0.39 is 0 Å². The van der Waals surface area contributed by atoms with Crippen molar-refractivity contribution < 1.29 is 9.94 Å². The maximum atomic E-state index is 9.58. The SMILES string of the molecule is CC(C)Cc1cc(C(C)C)cc[n+]1O. The lowest BCUT2D eigenvalue weighted by atomic mass is 10.0. The molecule has 1 aromatic heterocycles. The van der Waals surface area contributed by atoms with Crippen molar-refractivity contribution in [2.75, 3.05) is 0 Å². The average Bonchev–Trinajstić information content (AvgIpc) is 2.07. The smallest absolute Gasteiger partial charge is 0.234 e. The summed E-state index contributed by atoms with van der Waals surface area (Å²) >= 11 is 0. The van der Waals surface area contributed by atoms with Gasteiger partial charge in [0.25, 0.3) is 0 Å². The Kier molecular flexibility index (Phi) is 3.50. The summed E-state index contributed by atoms with van der Waals surface area (Å²) < 4.78 is 1.23. The first-order valence-corrected chi connectivity index (χ1v) is 5.24. The van der Waals surface area contributed by atoms with Gasteiger partial charge in [0.15, 0.2) is 0 Å². The highest BCUT2D eigenvalue weighted by Crippen LogP contribution is 2.14. The molecule has 0 radical (unpaired) electrons. The molecule has 0 aliphatic rings. The molecular formula is C12H20NO+. The monoisotopic (exact) mass is 194 g/mol. The van der Waals surface area contributed by atoms with Gasteiger partial charge in [0.1, 0.15) is 0 Å². The van der Waals surface area contributed by atoms with Crippen LogP contribution >= 0.6 is 0 Å². The zero-order chi connectivity index (χ0) is 10.7.